The van der Waals surface area contributed by atoms with Gasteiger partial charge in [-0.15, -0.1) is 0 Å². The smallest absolute Gasteiger partial charge is 0.136 e. The van der Waals surface area contributed by atoms with Crippen molar-refractivity contribution in [3.63, 3.8) is 0 Å². The first-order chi connectivity index (χ1) is 7.98. The fraction of sp³-hybridized carbons (Fsp3) is 0.533. The van der Waals surface area contributed by atoms with Crippen molar-refractivity contribution in [3.8, 4) is 0 Å². The highest BCUT2D eigenvalue weighted by molar-refractivity contribution is 5.80. The first kappa shape index (κ1) is 12.3. The Labute approximate surface area is 104 Å². The molecule has 1 atom stereocenters. The van der Waals surface area contributed by atoms with E-state index in [1.807, 2.05) is 6.07 Å². The minimum Gasteiger partial charge on any atom is -0.300 e. The van der Waals surface area contributed by atoms with Crippen molar-refractivity contribution in [3.05, 3.63) is 35.9 Å². The Morgan fingerprint density at radius 3 is 2.41 bits per heavy atom. The van der Waals surface area contributed by atoms with Crippen molar-refractivity contribution < 1.29 is 4.79 Å². The van der Waals surface area contributed by atoms with E-state index in [1.165, 1.54) is 5.56 Å². The van der Waals surface area contributed by atoms with Crippen LogP contribution in [-0.4, -0.2) is 22.8 Å². The number of Topliss-reactive ketones (excluding diaryl/α,β-unsaturated/α-hetero) is 1. The number of benzene rings is 1. The lowest BCUT2D eigenvalue weighted by Crippen LogP contribution is -2.48. The lowest BCUT2D eigenvalue weighted by Gasteiger charge is -2.44. The van der Waals surface area contributed by atoms with Crippen molar-refractivity contribution >= 4 is 5.78 Å². The van der Waals surface area contributed by atoms with Gasteiger partial charge in [0.1, 0.15) is 5.78 Å². The normalized spacial score (nSPS) is 22.8. The Hall–Kier alpha value is -1.15. The van der Waals surface area contributed by atoms with E-state index in [0.717, 1.165) is 6.54 Å². The van der Waals surface area contributed by atoms with Gasteiger partial charge in [0.25, 0.3) is 0 Å². The number of nitrogens with zero attached hydrogens (tertiary/aromatic N) is 1. The monoisotopic (exact) mass is 231 g/mol. The van der Waals surface area contributed by atoms with Gasteiger partial charge in [0.05, 0.1) is 0 Å². The van der Waals surface area contributed by atoms with Crippen LogP contribution >= 0.6 is 0 Å². The first-order valence-electron chi connectivity index (χ1n) is 6.32. The summed E-state index contributed by atoms with van der Waals surface area (Å²) < 4.78 is 0. The molecule has 2 rings (SSSR count). The molecule has 1 aliphatic heterocycles. The second kappa shape index (κ2) is 4.61. The average molecular weight is 231 g/mol. The predicted octanol–water partition coefficient (Wildman–Crippen LogP) is 3.19. The fourth-order valence-electron chi connectivity index (χ4n) is 2.60. The Kier molecular flexibility index (Phi) is 3.34. The van der Waals surface area contributed by atoms with E-state index in [4.69, 9.17) is 0 Å². The summed E-state index contributed by atoms with van der Waals surface area (Å²) in [5, 5.41) is 0. The largest absolute Gasteiger partial charge is 0.300 e. The number of piperidine rings is 1. The van der Waals surface area contributed by atoms with Gasteiger partial charge in [-0.3, -0.25) is 9.69 Å². The molecule has 0 radical (unpaired) electrons. The second-order valence-corrected chi connectivity index (χ2v) is 5.78. The van der Waals surface area contributed by atoms with Crippen LogP contribution in [0.25, 0.3) is 0 Å². The summed E-state index contributed by atoms with van der Waals surface area (Å²) in [5.41, 5.74) is 1.37. The SMILES string of the molecule is CC(C)(C)N1CCC(=O)CC1c1ccccc1. The molecular formula is C15H21NO. The van der Waals surface area contributed by atoms with Crippen LogP contribution in [0.3, 0.4) is 0 Å². The van der Waals surface area contributed by atoms with Crippen molar-refractivity contribution in [1.29, 1.82) is 0 Å². The third kappa shape index (κ3) is 2.75. The maximum atomic E-state index is 11.7. The van der Waals surface area contributed by atoms with Crippen LogP contribution in [0, 0.1) is 0 Å². The molecule has 2 heteroatoms. The highest BCUT2D eigenvalue weighted by Crippen LogP contribution is 2.34. The number of rotatable bonds is 1. The van der Waals surface area contributed by atoms with E-state index >= 15 is 0 Å². The number of hydrogen-bond acceptors (Lipinski definition) is 2. The Balaban J connectivity index is 2.30. The number of carbonyl (C=O) groups excluding carboxylic acids is 1. The fourth-order valence-corrected chi connectivity index (χ4v) is 2.60. The Morgan fingerprint density at radius 2 is 1.82 bits per heavy atom. The summed E-state index contributed by atoms with van der Waals surface area (Å²) in [4.78, 5) is 14.1. The number of hydrogen-bond donors (Lipinski definition) is 0. The zero-order valence-electron chi connectivity index (χ0n) is 10.9. The molecule has 17 heavy (non-hydrogen) atoms. The van der Waals surface area contributed by atoms with Crippen LogP contribution in [0.4, 0.5) is 0 Å². The maximum absolute atomic E-state index is 11.7. The average Bonchev–Trinajstić information content (AvgIpc) is 2.28. The van der Waals surface area contributed by atoms with Gasteiger partial charge in [0, 0.05) is 31.0 Å². The highest BCUT2D eigenvalue weighted by atomic mass is 16.1. The topological polar surface area (TPSA) is 20.3 Å². The van der Waals surface area contributed by atoms with Gasteiger partial charge < -0.3 is 0 Å². The van der Waals surface area contributed by atoms with Crippen molar-refractivity contribution in [2.45, 2.75) is 45.2 Å². The van der Waals surface area contributed by atoms with Crippen LogP contribution in [-0.2, 0) is 4.79 Å². The third-order valence-corrected chi connectivity index (χ3v) is 3.47. The number of carbonyl (C=O) groups is 1. The van der Waals surface area contributed by atoms with Gasteiger partial charge in [-0.1, -0.05) is 30.3 Å². The van der Waals surface area contributed by atoms with E-state index in [-0.39, 0.29) is 11.6 Å². The lowest BCUT2D eigenvalue weighted by molar-refractivity contribution is -0.125. The van der Waals surface area contributed by atoms with E-state index in [2.05, 4.69) is 49.9 Å². The maximum Gasteiger partial charge on any atom is 0.136 e. The molecule has 0 amide bonds. The van der Waals surface area contributed by atoms with Crippen molar-refractivity contribution in [1.82, 2.24) is 4.90 Å². The standard InChI is InChI=1S/C15H21NO/c1-15(2,3)16-10-9-13(17)11-14(16)12-7-5-4-6-8-12/h4-8,14H,9-11H2,1-3H3. The minimum atomic E-state index is 0.112. The van der Waals surface area contributed by atoms with E-state index < -0.39 is 0 Å². The number of likely N-dealkylation sites (tertiary alicyclic amines) is 1. The summed E-state index contributed by atoms with van der Waals surface area (Å²) in [6.45, 7) is 7.54. The molecule has 92 valence electrons. The minimum absolute atomic E-state index is 0.112. The zero-order valence-corrected chi connectivity index (χ0v) is 10.9. The van der Waals surface area contributed by atoms with Crippen LogP contribution in [0.5, 0.6) is 0 Å². The predicted molar refractivity (Wildman–Crippen MR) is 69.9 cm³/mol. The molecule has 1 fully saturated rings. The summed E-state index contributed by atoms with van der Waals surface area (Å²) in [6.07, 6.45) is 1.35. The summed E-state index contributed by atoms with van der Waals surface area (Å²) in [5.74, 6) is 0.388. The molecule has 0 saturated carbocycles. The van der Waals surface area contributed by atoms with E-state index in [9.17, 15) is 4.79 Å². The quantitative estimate of drug-likeness (QED) is 0.740. The van der Waals surface area contributed by atoms with Gasteiger partial charge in [-0.25, -0.2) is 0 Å². The third-order valence-electron chi connectivity index (χ3n) is 3.47. The highest BCUT2D eigenvalue weighted by Gasteiger charge is 2.34. The molecule has 1 aromatic carbocycles. The van der Waals surface area contributed by atoms with Crippen LogP contribution < -0.4 is 0 Å². The van der Waals surface area contributed by atoms with Gasteiger partial charge in [0.15, 0.2) is 0 Å². The van der Waals surface area contributed by atoms with E-state index in [0.29, 0.717) is 18.6 Å². The molecule has 0 spiro atoms. The van der Waals surface area contributed by atoms with Gasteiger partial charge >= 0.3 is 0 Å². The van der Waals surface area contributed by atoms with E-state index in [1.54, 1.807) is 0 Å². The molecule has 1 heterocycles. The Bertz CT molecular complexity index is 391. The number of ketones is 1. The van der Waals surface area contributed by atoms with Crippen molar-refractivity contribution in [2.24, 2.45) is 0 Å². The molecule has 0 bridgehead atoms. The van der Waals surface area contributed by atoms with Crippen LogP contribution in [0.15, 0.2) is 30.3 Å². The molecule has 1 saturated heterocycles. The van der Waals surface area contributed by atoms with Gasteiger partial charge in [-0.2, -0.15) is 0 Å². The molecule has 1 aliphatic rings. The summed E-state index contributed by atoms with van der Waals surface area (Å²) in [6, 6.07) is 10.6. The lowest BCUT2D eigenvalue weighted by atomic mass is 9.89. The van der Waals surface area contributed by atoms with Gasteiger partial charge in [0.2, 0.25) is 0 Å². The molecule has 1 unspecified atom stereocenters. The molecule has 0 aromatic heterocycles. The summed E-state index contributed by atoms with van der Waals surface area (Å²) in [7, 11) is 0. The molecule has 1 aromatic rings. The van der Waals surface area contributed by atoms with Crippen LogP contribution in [0.2, 0.25) is 0 Å². The van der Waals surface area contributed by atoms with Gasteiger partial charge in [-0.05, 0) is 26.3 Å². The molecular weight excluding hydrogens is 210 g/mol. The van der Waals surface area contributed by atoms with Crippen LogP contribution in [0.1, 0.15) is 45.2 Å². The zero-order chi connectivity index (χ0) is 12.5. The Morgan fingerprint density at radius 1 is 1.18 bits per heavy atom. The molecule has 0 N–H and O–H groups in total. The molecule has 2 nitrogen and oxygen atoms in total. The second-order valence-electron chi connectivity index (χ2n) is 5.78. The first-order valence-corrected chi connectivity index (χ1v) is 6.32. The van der Waals surface area contributed by atoms with Crippen molar-refractivity contribution in [2.75, 3.05) is 6.54 Å². The molecule has 0 aliphatic carbocycles. The summed E-state index contributed by atoms with van der Waals surface area (Å²) >= 11 is 0.